The summed E-state index contributed by atoms with van der Waals surface area (Å²) in [5.74, 6) is 0.407. The Labute approximate surface area is 111 Å². The van der Waals surface area contributed by atoms with Crippen LogP contribution < -0.4 is 5.32 Å². The first kappa shape index (κ1) is 12.9. The molecule has 0 atom stereocenters. The zero-order chi connectivity index (χ0) is 12.3. The van der Waals surface area contributed by atoms with E-state index in [1.807, 2.05) is 0 Å². The van der Waals surface area contributed by atoms with Crippen molar-refractivity contribution in [1.29, 1.82) is 0 Å². The predicted molar refractivity (Wildman–Crippen MR) is 70.8 cm³/mol. The van der Waals surface area contributed by atoms with Gasteiger partial charge in [-0.1, -0.05) is 29.3 Å². The first-order chi connectivity index (χ1) is 8.18. The highest BCUT2D eigenvalue weighted by Gasteiger charge is 2.22. The molecule has 1 aliphatic heterocycles. The summed E-state index contributed by atoms with van der Waals surface area (Å²) in [5.41, 5.74) is 0.763. The van der Waals surface area contributed by atoms with Gasteiger partial charge in [0.1, 0.15) is 5.78 Å². The number of carbonyl (C=O) groups is 1. The molecule has 0 unspecified atom stereocenters. The lowest BCUT2D eigenvalue weighted by Gasteiger charge is -2.21. The smallest absolute Gasteiger partial charge is 0.140 e. The highest BCUT2D eigenvalue weighted by molar-refractivity contribution is 6.36. The number of carbonyl (C=O) groups excluding carboxylic acids is 1. The summed E-state index contributed by atoms with van der Waals surface area (Å²) in [6, 6.07) is 5.35. The Bertz CT molecular complexity index is 394. The molecule has 2 rings (SSSR count). The van der Waals surface area contributed by atoms with Crippen LogP contribution in [-0.4, -0.2) is 18.9 Å². The molecule has 1 aliphatic rings. The lowest BCUT2D eigenvalue weighted by Crippen LogP contribution is -2.32. The molecule has 0 amide bonds. The molecule has 17 heavy (non-hydrogen) atoms. The SMILES string of the molecule is O=C(Cc1c(Cl)cccc1Cl)C1CCNCC1. The third kappa shape index (κ3) is 3.21. The van der Waals surface area contributed by atoms with E-state index in [0.717, 1.165) is 31.5 Å². The van der Waals surface area contributed by atoms with Crippen LogP contribution in [0.5, 0.6) is 0 Å². The maximum Gasteiger partial charge on any atom is 0.140 e. The molecular weight excluding hydrogens is 257 g/mol. The number of hydrogen-bond donors (Lipinski definition) is 1. The van der Waals surface area contributed by atoms with Crippen molar-refractivity contribution in [2.45, 2.75) is 19.3 Å². The average molecular weight is 272 g/mol. The standard InChI is InChI=1S/C13H15Cl2NO/c14-11-2-1-3-12(15)10(11)8-13(17)9-4-6-16-7-5-9/h1-3,9,16H,4-8H2. The van der Waals surface area contributed by atoms with Crippen LogP contribution in [0.15, 0.2) is 18.2 Å². The summed E-state index contributed by atoms with van der Waals surface area (Å²) in [4.78, 5) is 12.1. The van der Waals surface area contributed by atoms with Crippen molar-refractivity contribution in [3.63, 3.8) is 0 Å². The van der Waals surface area contributed by atoms with Crippen molar-refractivity contribution in [2.24, 2.45) is 5.92 Å². The molecule has 1 heterocycles. The summed E-state index contributed by atoms with van der Waals surface area (Å²) >= 11 is 12.1. The number of hydrogen-bond acceptors (Lipinski definition) is 2. The van der Waals surface area contributed by atoms with Crippen molar-refractivity contribution in [3.8, 4) is 0 Å². The minimum Gasteiger partial charge on any atom is -0.317 e. The fourth-order valence-corrected chi connectivity index (χ4v) is 2.69. The van der Waals surface area contributed by atoms with E-state index >= 15 is 0 Å². The molecule has 0 aromatic heterocycles. The van der Waals surface area contributed by atoms with E-state index in [-0.39, 0.29) is 11.7 Å². The van der Waals surface area contributed by atoms with E-state index in [2.05, 4.69) is 5.32 Å². The first-order valence-corrected chi connectivity index (χ1v) is 6.60. The minimum atomic E-state index is 0.156. The van der Waals surface area contributed by atoms with Crippen molar-refractivity contribution in [2.75, 3.05) is 13.1 Å². The zero-order valence-electron chi connectivity index (χ0n) is 9.51. The predicted octanol–water partition coefficient (Wildman–Crippen LogP) is 3.10. The highest BCUT2D eigenvalue weighted by Crippen LogP contribution is 2.26. The van der Waals surface area contributed by atoms with Crippen LogP contribution in [0.25, 0.3) is 0 Å². The Morgan fingerprint density at radius 3 is 2.41 bits per heavy atom. The highest BCUT2D eigenvalue weighted by atomic mass is 35.5. The first-order valence-electron chi connectivity index (χ1n) is 5.85. The van der Waals surface area contributed by atoms with Crippen LogP contribution in [0.3, 0.4) is 0 Å². The largest absolute Gasteiger partial charge is 0.317 e. The van der Waals surface area contributed by atoms with Crippen molar-refractivity contribution < 1.29 is 4.79 Å². The second-order valence-corrected chi connectivity index (χ2v) is 5.18. The summed E-state index contributed by atoms with van der Waals surface area (Å²) in [5, 5.41) is 4.42. The number of nitrogens with one attached hydrogen (secondary N) is 1. The molecule has 0 bridgehead atoms. The van der Waals surface area contributed by atoms with Gasteiger partial charge in [0.15, 0.2) is 0 Å². The average Bonchev–Trinajstić information content (AvgIpc) is 2.35. The summed E-state index contributed by atoms with van der Waals surface area (Å²) < 4.78 is 0. The van der Waals surface area contributed by atoms with E-state index in [9.17, 15) is 4.79 Å². The minimum absolute atomic E-state index is 0.156. The third-order valence-electron chi connectivity index (χ3n) is 3.21. The van der Waals surface area contributed by atoms with Gasteiger partial charge in [0, 0.05) is 22.4 Å². The lowest BCUT2D eigenvalue weighted by molar-refractivity contribution is -0.122. The monoisotopic (exact) mass is 271 g/mol. The molecule has 4 heteroatoms. The van der Waals surface area contributed by atoms with Crippen LogP contribution in [0.1, 0.15) is 18.4 Å². The maximum atomic E-state index is 12.1. The van der Waals surface area contributed by atoms with Crippen LogP contribution in [0.4, 0.5) is 0 Å². The molecule has 1 N–H and O–H groups in total. The van der Waals surface area contributed by atoms with E-state index in [4.69, 9.17) is 23.2 Å². The van der Waals surface area contributed by atoms with E-state index in [1.165, 1.54) is 0 Å². The zero-order valence-corrected chi connectivity index (χ0v) is 11.0. The Hall–Kier alpha value is -0.570. The van der Waals surface area contributed by atoms with E-state index < -0.39 is 0 Å². The lowest BCUT2D eigenvalue weighted by atomic mass is 9.90. The fraction of sp³-hybridized carbons (Fsp3) is 0.462. The number of Topliss-reactive ketones (excluding diaryl/α,β-unsaturated/α-hetero) is 1. The van der Waals surface area contributed by atoms with Gasteiger partial charge >= 0.3 is 0 Å². The fourth-order valence-electron chi connectivity index (χ4n) is 2.16. The summed E-state index contributed by atoms with van der Waals surface area (Å²) in [7, 11) is 0. The number of benzene rings is 1. The summed E-state index contributed by atoms with van der Waals surface area (Å²) in [6.07, 6.45) is 2.19. The Kier molecular flexibility index (Phi) is 4.43. The molecule has 1 aromatic rings. The molecule has 0 spiro atoms. The van der Waals surface area contributed by atoms with E-state index in [0.29, 0.717) is 16.5 Å². The van der Waals surface area contributed by atoms with Crippen molar-refractivity contribution in [3.05, 3.63) is 33.8 Å². The van der Waals surface area contributed by atoms with E-state index in [1.54, 1.807) is 18.2 Å². The molecular formula is C13H15Cl2NO. The Morgan fingerprint density at radius 1 is 1.24 bits per heavy atom. The number of ketones is 1. The van der Waals surface area contributed by atoms with Gasteiger partial charge in [-0.3, -0.25) is 4.79 Å². The van der Waals surface area contributed by atoms with Crippen LogP contribution >= 0.6 is 23.2 Å². The second kappa shape index (κ2) is 5.85. The molecule has 0 radical (unpaired) electrons. The van der Waals surface area contributed by atoms with Gasteiger partial charge in [-0.15, -0.1) is 0 Å². The van der Waals surface area contributed by atoms with Crippen molar-refractivity contribution in [1.82, 2.24) is 5.32 Å². The number of rotatable bonds is 3. The number of halogens is 2. The Morgan fingerprint density at radius 2 is 1.82 bits per heavy atom. The van der Waals surface area contributed by atoms with Gasteiger partial charge in [0.05, 0.1) is 0 Å². The van der Waals surface area contributed by atoms with Crippen molar-refractivity contribution >= 4 is 29.0 Å². The van der Waals surface area contributed by atoms with Gasteiger partial charge in [-0.25, -0.2) is 0 Å². The van der Waals surface area contributed by atoms with Gasteiger partial charge in [0.2, 0.25) is 0 Å². The molecule has 1 saturated heterocycles. The Balaban J connectivity index is 2.07. The second-order valence-electron chi connectivity index (χ2n) is 4.37. The van der Waals surface area contributed by atoms with Crippen LogP contribution in [0.2, 0.25) is 10.0 Å². The maximum absolute atomic E-state index is 12.1. The third-order valence-corrected chi connectivity index (χ3v) is 3.92. The molecule has 2 nitrogen and oxygen atoms in total. The van der Waals surface area contributed by atoms with Gasteiger partial charge in [-0.05, 0) is 43.6 Å². The molecule has 1 aromatic carbocycles. The molecule has 92 valence electrons. The van der Waals surface area contributed by atoms with Gasteiger partial charge in [-0.2, -0.15) is 0 Å². The summed E-state index contributed by atoms with van der Waals surface area (Å²) in [6.45, 7) is 1.85. The normalized spacial score (nSPS) is 17.1. The molecule has 0 saturated carbocycles. The number of piperidine rings is 1. The molecule has 0 aliphatic carbocycles. The van der Waals surface area contributed by atoms with Gasteiger partial charge in [0.25, 0.3) is 0 Å². The van der Waals surface area contributed by atoms with Crippen LogP contribution in [-0.2, 0) is 11.2 Å². The topological polar surface area (TPSA) is 29.1 Å². The quantitative estimate of drug-likeness (QED) is 0.916. The molecule has 1 fully saturated rings. The van der Waals surface area contributed by atoms with Crippen LogP contribution in [0, 0.1) is 5.92 Å². The van der Waals surface area contributed by atoms with Gasteiger partial charge < -0.3 is 5.32 Å².